The largest absolute Gasteiger partial charge is 0.497 e. The molecule has 0 radical (unpaired) electrons. The molecule has 0 aliphatic heterocycles. The highest BCUT2D eigenvalue weighted by molar-refractivity contribution is 9.10. The molecule has 0 saturated carbocycles. The van der Waals surface area contributed by atoms with Crippen LogP contribution >= 0.6 is 15.9 Å². The summed E-state index contributed by atoms with van der Waals surface area (Å²) in [5.74, 6) is -0.183. The van der Waals surface area contributed by atoms with E-state index in [4.69, 9.17) is 9.47 Å². The van der Waals surface area contributed by atoms with Crippen molar-refractivity contribution in [3.8, 4) is 5.75 Å². The van der Waals surface area contributed by atoms with Gasteiger partial charge in [-0.05, 0) is 47.9 Å². The molecule has 0 aliphatic rings. The average Bonchev–Trinajstić information content (AvgIpc) is 2.64. The second-order valence-corrected chi connectivity index (χ2v) is 6.45. The predicted octanol–water partition coefficient (Wildman–Crippen LogP) is 3.64. The lowest BCUT2D eigenvalue weighted by Gasteiger charge is -2.06. The van der Waals surface area contributed by atoms with Gasteiger partial charge in [0.2, 0.25) is 0 Å². The Hall–Kier alpha value is -2.60. The van der Waals surface area contributed by atoms with Crippen LogP contribution in [-0.2, 0) is 20.9 Å². The van der Waals surface area contributed by atoms with Gasteiger partial charge in [0, 0.05) is 17.1 Å². The number of esters is 1. The third-order valence-corrected chi connectivity index (χ3v) is 4.24. The monoisotopic (exact) mass is 417 g/mol. The van der Waals surface area contributed by atoms with Crippen molar-refractivity contribution in [3.05, 3.63) is 69.7 Å². The summed E-state index contributed by atoms with van der Waals surface area (Å²) in [4.78, 5) is 23.5. The van der Waals surface area contributed by atoms with Gasteiger partial charge in [-0.25, -0.2) is 4.79 Å². The quantitative estimate of drug-likeness (QED) is 0.551. The molecule has 6 heteroatoms. The molecule has 2 rings (SSSR count). The smallest absolute Gasteiger partial charge is 0.331 e. The maximum Gasteiger partial charge on any atom is 0.331 e. The van der Waals surface area contributed by atoms with E-state index in [-0.39, 0.29) is 12.5 Å². The molecule has 0 saturated heterocycles. The summed E-state index contributed by atoms with van der Waals surface area (Å²) in [5, 5.41) is 2.69. The second-order valence-electron chi connectivity index (χ2n) is 5.59. The lowest BCUT2D eigenvalue weighted by atomic mass is 10.1. The van der Waals surface area contributed by atoms with Gasteiger partial charge >= 0.3 is 5.97 Å². The number of nitrogens with one attached hydrogen (secondary N) is 1. The van der Waals surface area contributed by atoms with Crippen LogP contribution in [0.15, 0.2) is 53.0 Å². The highest BCUT2D eigenvalue weighted by atomic mass is 79.9. The number of benzene rings is 2. The zero-order valence-corrected chi connectivity index (χ0v) is 16.2. The summed E-state index contributed by atoms with van der Waals surface area (Å²) in [5.41, 5.74) is 2.90. The Balaban J connectivity index is 1.75. The standard InChI is InChI=1S/C20H20BrNO4/c1-14-3-6-16(18(21)11-14)7-10-20(24)26-13-19(23)22-12-15-4-8-17(25-2)9-5-15/h3-11H,12-13H2,1-2H3,(H,22,23)/b10-7+. The van der Waals surface area contributed by atoms with Crippen LogP contribution in [0.25, 0.3) is 6.08 Å². The van der Waals surface area contributed by atoms with Crippen LogP contribution in [0.1, 0.15) is 16.7 Å². The molecule has 0 aromatic heterocycles. The molecular weight excluding hydrogens is 398 g/mol. The predicted molar refractivity (Wildman–Crippen MR) is 104 cm³/mol. The Morgan fingerprint density at radius 1 is 1.15 bits per heavy atom. The lowest BCUT2D eigenvalue weighted by Crippen LogP contribution is -2.28. The van der Waals surface area contributed by atoms with Gasteiger partial charge in [0.05, 0.1) is 7.11 Å². The molecule has 0 atom stereocenters. The molecule has 2 aromatic carbocycles. The van der Waals surface area contributed by atoms with Crippen LogP contribution in [0.4, 0.5) is 0 Å². The minimum Gasteiger partial charge on any atom is -0.497 e. The van der Waals surface area contributed by atoms with Crippen molar-refractivity contribution >= 4 is 33.9 Å². The van der Waals surface area contributed by atoms with E-state index < -0.39 is 5.97 Å². The molecule has 0 fully saturated rings. The van der Waals surface area contributed by atoms with Crippen LogP contribution < -0.4 is 10.1 Å². The highest BCUT2D eigenvalue weighted by Gasteiger charge is 2.05. The Morgan fingerprint density at radius 3 is 2.54 bits per heavy atom. The fourth-order valence-electron chi connectivity index (χ4n) is 2.11. The minimum atomic E-state index is -0.572. The average molecular weight is 418 g/mol. The number of amides is 1. The van der Waals surface area contributed by atoms with Crippen molar-refractivity contribution in [2.45, 2.75) is 13.5 Å². The molecule has 0 aliphatic carbocycles. The summed E-state index contributed by atoms with van der Waals surface area (Å²) >= 11 is 3.44. The van der Waals surface area contributed by atoms with E-state index in [0.717, 1.165) is 26.9 Å². The molecule has 5 nitrogen and oxygen atoms in total. The number of methoxy groups -OCH3 is 1. The minimum absolute atomic E-state index is 0.325. The number of hydrogen-bond acceptors (Lipinski definition) is 4. The zero-order valence-electron chi connectivity index (χ0n) is 14.6. The molecule has 0 heterocycles. The Labute approximate surface area is 161 Å². The Bertz CT molecular complexity index is 800. The van der Waals surface area contributed by atoms with Crippen LogP contribution in [-0.4, -0.2) is 25.6 Å². The number of carbonyl (C=O) groups is 2. The van der Waals surface area contributed by atoms with E-state index >= 15 is 0 Å². The van der Waals surface area contributed by atoms with Crippen LogP contribution in [0.2, 0.25) is 0 Å². The Kier molecular flexibility index (Phi) is 7.41. The summed E-state index contributed by atoms with van der Waals surface area (Å²) < 4.78 is 10.9. The molecular formula is C20H20BrNO4. The number of rotatable bonds is 7. The van der Waals surface area contributed by atoms with Gasteiger partial charge in [0.15, 0.2) is 6.61 Å². The van der Waals surface area contributed by atoms with Crippen molar-refractivity contribution in [2.75, 3.05) is 13.7 Å². The van der Waals surface area contributed by atoms with Crippen LogP contribution in [0.3, 0.4) is 0 Å². The zero-order chi connectivity index (χ0) is 18.9. The normalized spacial score (nSPS) is 10.6. The van der Waals surface area contributed by atoms with Gasteiger partial charge in [-0.2, -0.15) is 0 Å². The molecule has 136 valence electrons. The van der Waals surface area contributed by atoms with E-state index in [1.807, 2.05) is 49.4 Å². The van der Waals surface area contributed by atoms with Gasteiger partial charge in [0.1, 0.15) is 5.75 Å². The van der Waals surface area contributed by atoms with Crippen molar-refractivity contribution in [3.63, 3.8) is 0 Å². The lowest BCUT2D eigenvalue weighted by molar-refractivity contribution is -0.143. The number of aryl methyl sites for hydroxylation is 1. The summed E-state index contributed by atoms with van der Waals surface area (Å²) in [6.45, 7) is 2.01. The first-order valence-corrected chi connectivity index (χ1v) is 8.78. The number of halogens is 1. The third-order valence-electron chi connectivity index (χ3n) is 3.55. The summed E-state index contributed by atoms with van der Waals surface area (Å²) in [7, 11) is 1.59. The van der Waals surface area contributed by atoms with E-state index in [9.17, 15) is 9.59 Å². The molecule has 0 bridgehead atoms. The first-order valence-electron chi connectivity index (χ1n) is 7.98. The van der Waals surface area contributed by atoms with Gasteiger partial charge < -0.3 is 14.8 Å². The number of ether oxygens (including phenoxy) is 2. The summed E-state index contributed by atoms with van der Waals surface area (Å²) in [6.07, 6.45) is 2.94. The van der Waals surface area contributed by atoms with Crippen molar-refractivity contribution in [1.29, 1.82) is 0 Å². The molecule has 1 N–H and O–H groups in total. The van der Waals surface area contributed by atoms with Gasteiger partial charge in [0.25, 0.3) is 5.91 Å². The number of hydrogen-bond donors (Lipinski definition) is 1. The van der Waals surface area contributed by atoms with Gasteiger partial charge in [-0.15, -0.1) is 0 Å². The molecule has 1 amide bonds. The van der Waals surface area contributed by atoms with Gasteiger partial charge in [-0.1, -0.05) is 40.2 Å². The number of carbonyl (C=O) groups excluding carboxylic acids is 2. The molecule has 0 spiro atoms. The van der Waals surface area contributed by atoms with E-state index in [2.05, 4.69) is 21.2 Å². The van der Waals surface area contributed by atoms with E-state index in [0.29, 0.717) is 6.54 Å². The third kappa shape index (κ3) is 6.37. The van der Waals surface area contributed by atoms with E-state index in [1.54, 1.807) is 13.2 Å². The molecule has 0 unspecified atom stereocenters. The first kappa shape index (κ1) is 19.7. The SMILES string of the molecule is COc1ccc(CNC(=O)COC(=O)/C=C/c2ccc(C)cc2Br)cc1. The fraction of sp³-hybridized carbons (Fsp3) is 0.200. The summed E-state index contributed by atoms with van der Waals surface area (Å²) in [6, 6.07) is 13.1. The molecule has 2 aromatic rings. The van der Waals surface area contributed by atoms with Crippen molar-refractivity contribution in [1.82, 2.24) is 5.32 Å². The topological polar surface area (TPSA) is 64.6 Å². The molecule has 26 heavy (non-hydrogen) atoms. The maximum absolute atomic E-state index is 11.8. The van der Waals surface area contributed by atoms with Crippen LogP contribution in [0, 0.1) is 6.92 Å². The maximum atomic E-state index is 11.8. The first-order chi connectivity index (χ1) is 12.5. The van der Waals surface area contributed by atoms with Gasteiger partial charge in [-0.3, -0.25) is 4.79 Å². The van der Waals surface area contributed by atoms with Crippen LogP contribution in [0.5, 0.6) is 5.75 Å². The Morgan fingerprint density at radius 2 is 1.88 bits per heavy atom. The van der Waals surface area contributed by atoms with E-state index in [1.165, 1.54) is 6.08 Å². The highest BCUT2D eigenvalue weighted by Crippen LogP contribution is 2.19. The van der Waals surface area contributed by atoms with Crippen molar-refractivity contribution in [2.24, 2.45) is 0 Å². The fourth-order valence-corrected chi connectivity index (χ4v) is 2.73. The second kappa shape index (κ2) is 9.77. The van der Waals surface area contributed by atoms with Crippen molar-refractivity contribution < 1.29 is 19.1 Å².